The zero-order valence-corrected chi connectivity index (χ0v) is 37.6. The van der Waals surface area contributed by atoms with Crippen molar-refractivity contribution in [2.24, 2.45) is 0 Å². The molecule has 3 aromatic heterocycles. The molecule has 0 saturated carbocycles. The zero-order valence-electron chi connectivity index (χ0n) is 36.0. The van der Waals surface area contributed by atoms with Crippen LogP contribution in [-0.4, -0.2) is 9.97 Å². The number of benzene rings is 10. The number of furan rings is 1. The van der Waals surface area contributed by atoms with Gasteiger partial charge in [0, 0.05) is 61.3 Å². The third-order valence-electron chi connectivity index (χ3n) is 12.5. The van der Waals surface area contributed by atoms with Crippen LogP contribution < -0.4 is 9.80 Å². The molecule has 13 rings (SSSR count). The number of thiazole rings is 2. The van der Waals surface area contributed by atoms with E-state index in [1.54, 1.807) is 22.7 Å². The maximum atomic E-state index is 6.91. The summed E-state index contributed by atoms with van der Waals surface area (Å²) in [5.41, 5.74) is 14.5. The van der Waals surface area contributed by atoms with Gasteiger partial charge in [-0.1, -0.05) is 121 Å². The second kappa shape index (κ2) is 16.3. The van der Waals surface area contributed by atoms with Crippen molar-refractivity contribution in [2.45, 2.75) is 0 Å². The standard InChI is InChI=1S/C60H38N4OS2/c1-3-18-42(19-4-1)64(43-20-5-2-6-21-43)53-28-10-7-24-48(53)49-25-15-29-54-57(49)50-34-32-39-36-46(33-35-47(39)58(50)65-54)63(44-22-13-16-40(37-44)59-61-51-26-8-11-30-55(51)66-59)45-23-14-17-41(38-45)60-62-52-27-9-12-31-56(52)67-60/h1-38H. The lowest BCUT2D eigenvalue weighted by Gasteiger charge is -2.28. The summed E-state index contributed by atoms with van der Waals surface area (Å²) in [6, 6.07) is 81.6. The Bertz CT molecular complexity index is 3750. The number of nitrogens with zero attached hydrogens (tertiary/aromatic N) is 4. The Balaban J connectivity index is 0.953. The van der Waals surface area contributed by atoms with Crippen LogP contribution in [0.15, 0.2) is 235 Å². The molecule has 0 aliphatic heterocycles. The summed E-state index contributed by atoms with van der Waals surface area (Å²) in [7, 11) is 0. The monoisotopic (exact) mass is 894 g/mol. The van der Waals surface area contributed by atoms with Crippen molar-refractivity contribution in [3.8, 4) is 32.3 Å². The molecular weight excluding hydrogens is 857 g/mol. The van der Waals surface area contributed by atoms with Gasteiger partial charge in [-0.25, -0.2) is 9.97 Å². The first-order chi connectivity index (χ1) is 33.2. The summed E-state index contributed by atoms with van der Waals surface area (Å²) in [5, 5.41) is 6.30. The molecule has 7 heteroatoms. The fraction of sp³-hybridized carbons (Fsp3) is 0. The molecule has 0 spiro atoms. The van der Waals surface area contributed by atoms with Gasteiger partial charge in [0.1, 0.15) is 21.2 Å². The molecule has 0 bridgehead atoms. The van der Waals surface area contributed by atoms with E-state index in [0.717, 1.165) is 110 Å². The van der Waals surface area contributed by atoms with Gasteiger partial charge in [-0.05, 0) is 120 Å². The zero-order chi connectivity index (χ0) is 44.3. The number of para-hydroxylation sites is 5. The Kier molecular flexibility index (Phi) is 9.48. The van der Waals surface area contributed by atoms with Crippen molar-refractivity contribution in [1.82, 2.24) is 9.97 Å². The molecule has 0 fully saturated rings. The van der Waals surface area contributed by atoms with Gasteiger partial charge in [-0.2, -0.15) is 0 Å². The van der Waals surface area contributed by atoms with E-state index in [4.69, 9.17) is 14.4 Å². The number of hydrogen-bond donors (Lipinski definition) is 0. The summed E-state index contributed by atoms with van der Waals surface area (Å²) in [6.45, 7) is 0. The molecule has 5 nitrogen and oxygen atoms in total. The van der Waals surface area contributed by atoms with E-state index in [1.165, 1.54) is 9.40 Å². The molecule has 0 N–H and O–H groups in total. The van der Waals surface area contributed by atoms with Crippen LogP contribution in [0.2, 0.25) is 0 Å². The first kappa shape index (κ1) is 39.0. The van der Waals surface area contributed by atoms with Crippen molar-refractivity contribution >= 4 is 110 Å². The van der Waals surface area contributed by atoms with Crippen molar-refractivity contribution in [3.63, 3.8) is 0 Å². The third-order valence-corrected chi connectivity index (χ3v) is 14.6. The summed E-state index contributed by atoms with van der Waals surface area (Å²) >= 11 is 3.44. The Labute approximate surface area is 394 Å². The van der Waals surface area contributed by atoms with Crippen LogP contribution in [0.3, 0.4) is 0 Å². The number of hydrogen-bond acceptors (Lipinski definition) is 7. The van der Waals surface area contributed by atoms with Gasteiger partial charge < -0.3 is 14.2 Å². The van der Waals surface area contributed by atoms with Crippen LogP contribution in [0.25, 0.3) is 85.4 Å². The van der Waals surface area contributed by atoms with Crippen LogP contribution >= 0.6 is 22.7 Å². The van der Waals surface area contributed by atoms with E-state index in [2.05, 4.69) is 228 Å². The van der Waals surface area contributed by atoms with Gasteiger partial charge in [0.15, 0.2) is 0 Å². The highest BCUT2D eigenvalue weighted by atomic mass is 32.1. The average molecular weight is 895 g/mol. The highest BCUT2D eigenvalue weighted by Gasteiger charge is 2.22. The number of fused-ring (bicyclic) bond motifs is 7. The van der Waals surface area contributed by atoms with E-state index < -0.39 is 0 Å². The van der Waals surface area contributed by atoms with Crippen LogP contribution in [-0.2, 0) is 0 Å². The molecule has 3 heterocycles. The minimum absolute atomic E-state index is 0.852. The van der Waals surface area contributed by atoms with Gasteiger partial charge in [0.05, 0.1) is 26.1 Å². The number of anilines is 6. The lowest BCUT2D eigenvalue weighted by molar-refractivity contribution is 0.673. The fourth-order valence-corrected chi connectivity index (χ4v) is 11.4. The van der Waals surface area contributed by atoms with Crippen LogP contribution in [0.5, 0.6) is 0 Å². The molecule has 316 valence electrons. The van der Waals surface area contributed by atoms with Gasteiger partial charge in [0.2, 0.25) is 0 Å². The van der Waals surface area contributed by atoms with Crippen LogP contribution in [0.4, 0.5) is 34.1 Å². The lowest BCUT2D eigenvalue weighted by atomic mass is 9.96. The highest BCUT2D eigenvalue weighted by Crippen LogP contribution is 2.47. The minimum Gasteiger partial charge on any atom is -0.455 e. The summed E-state index contributed by atoms with van der Waals surface area (Å²) in [4.78, 5) is 14.8. The third kappa shape index (κ3) is 6.91. The Morgan fingerprint density at radius 2 is 0.896 bits per heavy atom. The lowest BCUT2D eigenvalue weighted by Crippen LogP contribution is -2.10. The molecule has 67 heavy (non-hydrogen) atoms. The van der Waals surface area contributed by atoms with Crippen molar-refractivity contribution in [2.75, 3.05) is 9.80 Å². The average Bonchev–Trinajstić information content (AvgIpc) is 4.14. The smallest absolute Gasteiger partial charge is 0.143 e. The summed E-state index contributed by atoms with van der Waals surface area (Å²) < 4.78 is 9.25. The van der Waals surface area contributed by atoms with Crippen molar-refractivity contribution < 1.29 is 4.42 Å². The maximum absolute atomic E-state index is 6.91. The van der Waals surface area contributed by atoms with E-state index in [-0.39, 0.29) is 0 Å². The van der Waals surface area contributed by atoms with Crippen LogP contribution in [0.1, 0.15) is 0 Å². The Hall–Kier alpha value is -8.36. The molecule has 0 radical (unpaired) electrons. The van der Waals surface area contributed by atoms with E-state index in [1.807, 2.05) is 12.1 Å². The van der Waals surface area contributed by atoms with Gasteiger partial charge in [0.25, 0.3) is 0 Å². The van der Waals surface area contributed by atoms with Gasteiger partial charge >= 0.3 is 0 Å². The Morgan fingerprint density at radius 1 is 0.373 bits per heavy atom. The second-order valence-corrected chi connectivity index (χ2v) is 18.6. The quantitative estimate of drug-likeness (QED) is 0.144. The molecule has 10 aromatic carbocycles. The molecule has 0 atom stereocenters. The number of rotatable bonds is 9. The molecule has 0 unspecified atom stereocenters. The van der Waals surface area contributed by atoms with E-state index in [9.17, 15) is 0 Å². The summed E-state index contributed by atoms with van der Waals surface area (Å²) in [6.07, 6.45) is 0. The van der Waals surface area contributed by atoms with Crippen molar-refractivity contribution in [3.05, 3.63) is 231 Å². The molecule has 0 saturated heterocycles. The molecule has 0 aliphatic carbocycles. The molecule has 13 aromatic rings. The summed E-state index contributed by atoms with van der Waals surface area (Å²) in [5.74, 6) is 0. The first-order valence-electron chi connectivity index (χ1n) is 22.3. The minimum atomic E-state index is 0.852. The van der Waals surface area contributed by atoms with E-state index in [0.29, 0.717) is 0 Å². The number of aromatic nitrogens is 2. The topological polar surface area (TPSA) is 45.4 Å². The first-order valence-corrected chi connectivity index (χ1v) is 23.9. The predicted octanol–water partition coefficient (Wildman–Crippen LogP) is 17.9. The highest BCUT2D eigenvalue weighted by molar-refractivity contribution is 7.22. The van der Waals surface area contributed by atoms with Crippen molar-refractivity contribution in [1.29, 1.82) is 0 Å². The van der Waals surface area contributed by atoms with Crippen LogP contribution in [0, 0.1) is 0 Å². The van der Waals surface area contributed by atoms with Gasteiger partial charge in [-0.15, -0.1) is 22.7 Å². The molecule has 0 amide bonds. The normalized spacial score (nSPS) is 11.6. The molecule has 0 aliphatic rings. The second-order valence-electron chi connectivity index (χ2n) is 16.6. The molecular formula is C60H38N4OS2. The van der Waals surface area contributed by atoms with Gasteiger partial charge in [-0.3, -0.25) is 0 Å². The maximum Gasteiger partial charge on any atom is 0.143 e. The van der Waals surface area contributed by atoms with E-state index >= 15 is 0 Å². The largest absolute Gasteiger partial charge is 0.455 e. The fourth-order valence-electron chi connectivity index (χ4n) is 9.44. The SMILES string of the molecule is c1ccc(N(c2ccccc2)c2ccccc2-c2cccc3oc4c5ccc(N(c6cccc(-c7nc8ccccc8s7)c6)c6cccc(-c7nc8ccccc8s7)c6)cc5ccc4c23)cc1. The predicted molar refractivity (Wildman–Crippen MR) is 283 cm³/mol. The Morgan fingerprint density at radius 3 is 1.54 bits per heavy atom.